The summed E-state index contributed by atoms with van der Waals surface area (Å²) in [6.45, 7) is 20.0. The Labute approximate surface area is 329 Å². The van der Waals surface area contributed by atoms with Crippen molar-refractivity contribution in [3.05, 3.63) is 131 Å². The number of rotatable bonds is 10. The Balaban J connectivity index is 0.00000481. The van der Waals surface area contributed by atoms with Crippen molar-refractivity contribution >= 4 is 21.8 Å². The summed E-state index contributed by atoms with van der Waals surface area (Å²) < 4.78 is 11.0. The van der Waals surface area contributed by atoms with Crippen LogP contribution in [0.15, 0.2) is 91.1 Å². The van der Waals surface area contributed by atoms with Crippen molar-refractivity contribution in [1.29, 1.82) is 0 Å². The molecule has 0 aliphatic carbocycles. The maximum atomic E-state index is 6.72. The van der Waals surface area contributed by atoms with E-state index in [-0.39, 0.29) is 32.4 Å². The van der Waals surface area contributed by atoms with Crippen molar-refractivity contribution in [2.45, 2.75) is 92.9 Å². The van der Waals surface area contributed by atoms with E-state index in [1.54, 1.807) is 0 Å². The number of aryl methyl sites for hydroxylation is 1. The van der Waals surface area contributed by atoms with Crippen molar-refractivity contribution in [3.63, 3.8) is 0 Å². The van der Waals surface area contributed by atoms with Gasteiger partial charge in [0.25, 0.3) is 0 Å². The number of nitrogens with zero attached hydrogens (tertiary/aromatic N) is 4. The van der Waals surface area contributed by atoms with Crippen LogP contribution in [0.2, 0.25) is 0 Å². The van der Waals surface area contributed by atoms with E-state index in [1.165, 1.54) is 33.3 Å². The first kappa shape index (κ1) is 38.3. The van der Waals surface area contributed by atoms with E-state index >= 15 is 0 Å². The molecule has 0 bridgehead atoms. The molecule has 0 N–H and O–H groups in total. The molecule has 0 radical (unpaired) electrons. The third-order valence-corrected chi connectivity index (χ3v) is 9.95. The summed E-state index contributed by atoms with van der Waals surface area (Å²) in [5.74, 6) is 3.00. The number of hydrogen-bond acceptors (Lipinski definition) is 3. The van der Waals surface area contributed by atoms with Crippen LogP contribution in [0.1, 0.15) is 96.3 Å². The Morgan fingerprint density at radius 1 is 0.792 bits per heavy atom. The van der Waals surface area contributed by atoms with Gasteiger partial charge in [0.15, 0.2) is 0 Å². The van der Waals surface area contributed by atoms with Crippen LogP contribution < -0.4 is 4.74 Å². The summed E-state index contributed by atoms with van der Waals surface area (Å²) in [4.78, 5) is 4.90. The van der Waals surface area contributed by atoms with Gasteiger partial charge in [0, 0.05) is 34.5 Å². The van der Waals surface area contributed by atoms with E-state index < -0.39 is 0 Å². The monoisotopic (exact) mass is 881 g/mol. The van der Waals surface area contributed by atoms with Gasteiger partial charge in [0.05, 0.1) is 5.69 Å². The maximum Gasteiger partial charge on any atom is 2.00 e. The molecule has 274 valence electrons. The molecule has 0 fully saturated rings. The van der Waals surface area contributed by atoms with E-state index in [2.05, 4.69) is 163 Å². The molecule has 0 unspecified atom stereocenters. The third-order valence-electron chi connectivity index (χ3n) is 9.95. The molecule has 0 aliphatic rings. The van der Waals surface area contributed by atoms with Gasteiger partial charge in [0.2, 0.25) is 0 Å². The minimum absolute atomic E-state index is 0. The van der Waals surface area contributed by atoms with Gasteiger partial charge in [-0.25, -0.2) is 4.98 Å². The quantitative estimate of drug-likeness (QED) is 0.129. The third kappa shape index (κ3) is 7.64. The van der Waals surface area contributed by atoms with Gasteiger partial charge >= 0.3 is 21.1 Å². The van der Waals surface area contributed by atoms with Crippen LogP contribution in [0.25, 0.3) is 44.4 Å². The van der Waals surface area contributed by atoms with Crippen LogP contribution >= 0.6 is 0 Å². The first-order valence-corrected chi connectivity index (χ1v) is 18.8. The van der Waals surface area contributed by atoms with E-state index in [9.17, 15) is 0 Å². The molecule has 7 aromatic rings. The summed E-state index contributed by atoms with van der Waals surface area (Å²) in [6, 6.07) is 37.5. The molecule has 6 heteroatoms. The molecule has 0 spiro atoms. The fraction of sp³-hybridized carbons (Fsp3) is 0.319. The summed E-state index contributed by atoms with van der Waals surface area (Å²) in [6.07, 6.45) is 4.62. The molecule has 0 aliphatic heterocycles. The molecular weight excluding hydrogens is 832 g/mol. The second-order valence-corrected chi connectivity index (χ2v) is 15.7. The predicted molar refractivity (Wildman–Crippen MR) is 215 cm³/mol. The van der Waals surface area contributed by atoms with Crippen molar-refractivity contribution in [2.75, 3.05) is 0 Å². The first-order valence-electron chi connectivity index (χ1n) is 18.8. The molecule has 3 aromatic heterocycles. The zero-order valence-corrected chi connectivity index (χ0v) is 34.7. The largest absolute Gasteiger partial charge is 2.00 e. The predicted octanol–water partition coefficient (Wildman–Crippen LogP) is 12.2. The zero-order valence-electron chi connectivity index (χ0n) is 32.4. The smallest absolute Gasteiger partial charge is 0.509 e. The van der Waals surface area contributed by atoms with Crippen LogP contribution in [0.5, 0.6) is 11.5 Å². The molecular formula is C47H50N4OPt. The molecule has 5 nitrogen and oxygen atoms in total. The maximum absolute atomic E-state index is 6.72. The van der Waals surface area contributed by atoms with Crippen molar-refractivity contribution < 1.29 is 25.8 Å². The van der Waals surface area contributed by atoms with E-state index in [4.69, 9.17) is 14.8 Å². The number of benzene rings is 4. The topological polar surface area (TPSA) is 44.9 Å². The number of aromatic nitrogens is 4. The molecule has 0 saturated carbocycles. The van der Waals surface area contributed by atoms with Gasteiger partial charge in [-0.05, 0) is 82.5 Å². The first-order chi connectivity index (χ1) is 24.9. The van der Waals surface area contributed by atoms with Crippen LogP contribution in [0.3, 0.4) is 0 Å². The molecule has 0 amide bonds. The van der Waals surface area contributed by atoms with Crippen LogP contribution in [0.4, 0.5) is 0 Å². The van der Waals surface area contributed by atoms with Crippen LogP contribution in [0, 0.1) is 18.1 Å². The van der Waals surface area contributed by atoms with Gasteiger partial charge in [-0.2, -0.15) is 11.2 Å². The van der Waals surface area contributed by atoms with E-state index in [0.717, 1.165) is 58.4 Å². The molecule has 0 saturated heterocycles. The molecule has 7 rings (SSSR count). The number of pyridine rings is 1. The van der Waals surface area contributed by atoms with Gasteiger partial charge < -0.3 is 9.30 Å². The number of hydrogen-bond donors (Lipinski definition) is 0. The Bertz CT molecular complexity index is 2380. The molecule has 4 aromatic carbocycles. The zero-order chi connectivity index (χ0) is 36.7. The van der Waals surface area contributed by atoms with Gasteiger partial charge in [-0.15, -0.1) is 41.3 Å². The second-order valence-electron chi connectivity index (χ2n) is 15.7. The average molecular weight is 882 g/mol. The summed E-state index contributed by atoms with van der Waals surface area (Å²) in [7, 11) is 0. The van der Waals surface area contributed by atoms with E-state index in [0.29, 0.717) is 17.4 Å². The SMILES string of the molecule is CCc1nn(-c2[c-]c(Oc3[c-]c4c(cc3)c3cc(CC(C)C)ccc3n4-c3cc(C(C)(C)C)ccn3)cc(C(C)C)c2)c(CC)c1-c1ccccc1.[Pt+2]. The van der Waals surface area contributed by atoms with Gasteiger partial charge in [0.1, 0.15) is 5.82 Å². The summed E-state index contributed by atoms with van der Waals surface area (Å²) >= 11 is 0. The van der Waals surface area contributed by atoms with Crippen LogP contribution in [-0.2, 0) is 45.7 Å². The van der Waals surface area contributed by atoms with Gasteiger partial charge in [-0.1, -0.05) is 110 Å². The van der Waals surface area contributed by atoms with Crippen molar-refractivity contribution in [3.8, 4) is 34.1 Å². The number of fused-ring (bicyclic) bond motifs is 3. The normalized spacial score (nSPS) is 11.9. The standard InChI is InChI=1S/C47H50N4O.Pt/c1-10-41-46(33-15-13-12-14-16-33)42(11-2)51(49-41)36-25-34(31(5)6)26-38(28-36)52-37-18-19-39-40-24-32(23-30(3)4)17-20-43(40)50(44(39)29-37)45-27-35(21-22-48-45)47(7,8)9;/h12-22,24-27,30-31H,10-11,23H2,1-9H3;/q-2;+2. The fourth-order valence-electron chi connectivity index (χ4n) is 7.26. The minimum Gasteiger partial charge on any atom is -0.509 e. The minimum atomic E-state index is -0.0141. The Kier molecular flexibility index (Phi) is 11.2. The summed E-state index contributed by atoms with van der Waals surface area (Å²) in [5.41, 5.74) is 11.3. The van der Waals surface area contributed by atoms with Crippen molar-refractivity contribution in [2.24, 2.45) is 5.92 Å². The van der Waals surface area contributed by atoms with E-state index in [1.807, 2.05) is 12.3 Å². The second kappa shape index (κ2) is 15.5. The molecule has 0 atom stereocenters. The fourth-order valence-corrected chi connectivity index (χ4v) is 7.26. The van der Waals surface area contributed by atoms with Gasteiger partial charge in [-0.3, -0.25) is 4.68 Å². The Morgan fingerprint density at radius 2 is 1.57 bits per heavy atom. The Hall–Kier alpha value is -4.47. The average Bonchev–Trinajstić information content (AvgIpc) is 3.66. The number of ether oxygens (including phenoxy) is 1. The Morgan fingerprint density at radius 3 is 2.25 bits per heavy atom. The molecule has 53 heavy (non-hydrogen) atoms. The molecule has 3 heterocycles. The van der Waals surface area contributed by atoms with Crippen molar-refractivity contribution in [1.82, 2.24) is 19.3 Å². The summed E-state index contributed by atoms with van der Waals surface area (Å²) in [5, 5.41) is 7.49. The van der Waals surface area contributed by atoms with Crippen LogP contribution in [-0.4, -0.2) is 19.3 Å².